The van der Waals surface area contributed by atoms with E-state index < -0.39 is 50.6 Å². The van der Waals surface area contributed by atoms with Crippen molar-refractivity contribution >= 4 is 18.8 Å². The number of nitrogens with one attached hydrogen (secondary N) is 1. The number of aromatic amines is 1. The topological polar surface area (TPSA) is 180 Å². The molecule has 0 saturated carbocycles. The number of hydrogen-bond acceptors (Lipinski definition) is 8. The fourth-order valence-electron chi connectivity index (χ4n) is 2.53. The predicted octanol–water partition coefficient (Wildman–Crippen LogP) is -2.11. The van der Waals surface area contributed by atoms with Gasteiger partial charge in [0.2, 0.25) is 0 Å². The molecule has 2 aromatic heterocycles. The summed E-state index contributed by atoms with van der Waals surface area (Å²) in [5.74, 6) is 0. The van der Waals surface area contributed by atoms with E-state index >= 15 is 0 Å². The van der Waals surface area contributed by atoms with Gasteiger partial charge in [0.15, 0.2) is 17.4 Å². The van der Waals surface area contributed by atoms with Gasteiger partial charge < -0.3 is 34.5 Å². The number of imidazole rings is 1. The summed E-state index contributed by atoms with van der Waals surface area (Å²) in [6.45, 7) is -0.542. The van der Waals surface area contributed by atoms with Crippen LogP contribution in [-0.4, -0.2) is 70.8 Å². The molecule has 4 atom stereocenters. The Balaban J connectivity index is 1.90. The largest absolute Gasteiger partial charge is 0.394 e. The first kappa shape index (κ1) is 17.2. The highest BCUT2D eigenvalue weighted by atomic mass is 31.2. The van der Waals surface area contributed by atoms with Gasteiger partial charge in [-0.15, -0.1) is 0 Å². The van der Waals surface area contributed by atoms with E-state index in [2.05, 4.69) is 15.0 Å². The molecule has 0 aliphatic carbocycles. The standard InChI is InChI=1S/C11H15N4O8P/c16-1-5-8(22-4-24(19,20)21)7(17)11(23-5)15-3-14-6-9(15)12-2-13-10(6)18/h2-3,5,7-8,11,16-17H,1,4H2,(H,12,13,18)(H2,19,20,21)/t5-,7-,8+,11-/m1/s1. The molecule has 3 rings (SSSR count). The normalized spacial score (nSPS) is 27.8. The third kappa shape index (κ3) is 3.13. The van der Waals surface area contributed by atoms with Gasteiger partial charge in [-0.1, -0.05) is 0 Å². The number of ether oxygens (including phenoxy) is 2. The summed E-state index contributed by atoms with van der Waals surface area (Å²) < 4.78 is 22.7. The second-order valence-corrected chi connectivity index (χ2v) is 6.81. The zero-order valence-electron chi connectivity index (χ0n) is 12.1. The molecule has 1 fully saturated rings. The van der Waals surface area contributed by atoms with Crippen molar-refractivity contribution in [2.24, 2.45) is 0 Å². The highest BCUT2D eigenvalue weighted by molar-refractivity contribution is 7.51. The Morgan fingerprint density at radius 1 is 1.42 bits per heavy atom. The number of H-pyrrole nitrogens is 1. The minimum absolute atomic E-state index is 0.0356. The molecule has 0 aromatic carbocycles. The summed E-state index contributed by atoms with van der Waals surface area (Å²) in [6.07, 6.45) is -3.18. The zero-order valence-corrected chi connectivity index (χ0v) is 13.0. The highest BCUT2D eigenvalue weighted by Crippen LogP contribution is 2.38. The average Bonchev–Trinajstić information content (AvgIpc) is 3.06. The van der Waals surface area contributed by atoms with Gasteiger partial charge in [-0.05, 0) is 0 Å². The van der Waals surface area contributed by atoms with E-state index in [0.29, 0.717) is 0 Å². The van der Waals surface area contributed by atoms with Crippen molar-refractivity contribution < 1.29 is 34.0 Å². The van der Waals surface area contributed by atoms with Crippen molar-refractivity contribution in [1.82, 2.24) is 19.5 Å². The van der Waals surface area contributed by atoms with Gasteiger partial charge in [0.25, 0.3) is 5.56 Å². The molecule has 1 aliphatic heterocycles. The molecule has 0 spiro atoms. The lowest BCUT2D eigenvalue weighted by molar-refractivity contribution is -0.0558. The fraction of sp³-hybridized carbons (Fsp3) is 0.545. The van der Waals surface area contributed by atoms with Gasteiger partial charge in [0.05, 0.1) is 19.3 Å². The van der Waals surface area contributed by atoms with Gasteiger partial charge in [-0.3, -0.25) is 13.9 Å². The van der Waals surface area contributed by atoms with Crippen molar-refractivity contribution in [3.8, 4) is 0 Å². The molecule has 2 aromatic rings. The van der Waals surface area contributed by atoms with Crippen LogP contribution >= 0.6 is 7.60 Å². The van der Waals surface area contributed by atoms with Gasteiger partial charge in [-0.25, -0.2) is 9.97 Å². The second-order valence-electron chi connectivity index (χ2n) is 5.22. The summed E-state index contributed by atoms with van der Waals surface area (Å²) in [4.78, 5) is 39.6. The quantitative estimate of drug-likeness (QED) is 0.369. The lowest BCUT2D eigenvalue weighted by Gasteiger charge is -2.20. The summed E-state index contributed by atoms with van der Waals surface area (Å²) in [5, 5.41) is 19.7. The van der Waals surface area contributed by atoms with Crippen LogP contribution < -0.4 is 5.56 Å². The Bertz CT molecular complexity index is 831. The van der Waals surface area contributed by atoms with Gasteiger partial charge >= 0.3 is 7.60 Å². The summed E-state index contributed by atoms with van der Waals surface area (Å²) >= 11 is 0. The second kappa shape index (κ2) is 6.33. The first-order valence-electron chi connectivity index (χ1n) is 6.82. The minimum Gasteiger partial charge on any atom is -0.394 e. The number of aliphatic hydroxyl groups is 2. The van der Waals surface area contributed by atoms with E-state index in [0.717, 1.165) is 6.33 Å². The molecular formula is C11H15N4O8P. The molecule has 0 radical (unpaired) electrons. The molecule has 0 bridgehead atoms. The molecule has 3 heterocycles. The van der Waals surface area contributed by atoms with Crippen LogP contribution in [0.2, 0.25) is 0 Å². The van der Waals surface area contributed by atoms with E-state index in [1.54, 1.807) is 0 Å². The Labute approximate surface area is 133 Å². The lowest BCUT2D eigenvalue weighted by Crippen LogP contribution is -2.36. The molecule has 13 heteroatoms. The monoisotopic (exact) mass is 362 g/mol. The maximum Gasteiger partial charge on any atom is 0.350 e. The van der Waals surface area contributed by atoms with Crippen LogP contribution in [0.4, 0.5) is 0 Å². The van der Waals surface area contributed by atoms with Crippen LogP contribution in [0.25, 0.3) is 11.2 Å². The van der Waals surface area contributed by atoms with Crippen LogP contribution in [0.5, 0.6) is 0 Å². The van der Waals surface area contributed by atoms with Crippen LogP contribution in [0.15, 0.2) is 17.4 Å². The van der Waals surface area contributed by atoms with Crippen molar-refractivity contribution in [2.75, 3.05) is 13.0 Å². The smallest absolute Gasteiger partial charge is 0.350 e. The van der Waals surface area contributed by atoms with Gasteiger partial charge in [0, 0.05) is 0 Å². The number of hydrogen-bond donors (Lipinski definition) is 5. The Hall–Kier alpha value is -1.66. The first-order valence-corrected chi connectivity index (χ1v) is 8.62. The molecule has 0 unspecified atom stereocenters. The molecule has 0 amide bonds. The molecule has 24 heavy (non-hydrogen) atoms. The predicted molar refractivity (Wildman–Crippen MR) is 76.9 cm³/mol. The number of aliphatic hydroxyl groups excluding tert-OH is 2. The molecule has 1 aliphatic rings. The minimum atomic E-state index is -4.45. The van der Waals surface area contributed by atoms with Crippen molar-refractivity contribution in [1.29, 1.82) is 0 Å². The van der Waals surface area contributed by atoms with Crippen LogP contribution in [0.3, 0.4) is 0 Å². The average molecular weight is 362 g/mol. The highest BCUT2D eigenvalue weighted by Gasteiger charge is 2.46. The van der Waals surface area contributed by atoms with Gasteiger partial charge in [-0.2, -0.15) is 0 Å². The maximum atomic E-state index is 11.7. The molecule has 1 saturated heterocycles. The van der Waals surface area contributed by atoms with E-state index in [1.165, 1.54) is 10.9 Å². The van der Waals surface area contributed by atoms with Gasteiger partial charge in [0.1, 0.15) is 24.7 Å². The maximum absolute atomic E-state index is 11.7. The van der Waals surface area contributed by atoms with Crippen LogP contribution in [-0.2, 0) is 14.0 Å². The number of aromatic nitrogens is 4. The number of nitrogens with zero attached hydrogens (tertiary/aromatic N) is 3. The summed E-state index contributed by atoms with van der Waals surface area (Å²) in [7, 11) is -4.45. The molecule has 12 nitrogen and oxygen atoms in total. The zero-order chi connectivity index (χ0) is 17.5. The van der Waals surface area contributed by atoms with E-state index in [-0.39, 0.29) is 11.2 Å². The molecule has 132 valence electrons. The van der Waals surface area contributed by atoms with Crippen molar-refractivity contribution in [2.45, 2.75) is 24.5 Å². The fourth-order valence-corrected chi connectivity index (χ4v) is 2.90. The molecular weight excluding hydrogens is 347 g/mol. The number of fused-ring (bicyclic) bond motifs is 1. The van der Waals surface area contributed by atoms with Crippen LogP contribution in [0, 0.1) is 0 Å². The first-order chi connectivity index (χ1) is 11.3. The SMILES string of the molecule is O=c1[nH]cnc2c1ncn2[C@@H]1O[C@H](CO)[C@H](OCP(=O)(O)O)[C@H]1O. The Morgan fingerprint density at radius 2 is 2.17 bits per heavy atom. The third-order valence-electron chi connectivity index (χ3n) is 3.56. The van der Waals surface area contributed by atoms with Crippen molar-refractivity contribution in [3.05, 3.63) is 23.0 Å². The van der Waals surface area contributed by atoms with E-state index in [1.807, 2.05) is 0 Å². The summed E-state index contributed by atoms with van der Waals surface area (Å²) in [6, 6.07) is 0. The molecule has 5 N–H and O–H groups in total. The van der Waals surface area contributed by atoms with Crippen LogP contribution in [0.1, 0.15) is 6.23 Å². The Kier molecular flexibility index (Phi) is 4.53. The lowest BCUT2D eigenvalue weighted by atomic mass is 10.1. The number of rotatable bonds is 5. The summed E-state index contributed by atoms with van der Waals surface area (Å²) in [5.41, 5.74) is -0.289. The van der Waals surface area contributed by atoms with Crippen molar-refractivity contribution in [3.63, 3.8) is 0 Å². The Morgan fingerprint density at radius 3 is 2.83 bits per heavy atom. The third-order valence-corrected chi connectivity index (χ3v) is 4.05. The van der Waals surface area contributed by atoms with E-state index in [4.69, 9.17) is 19.3 Å². The van der Waals surface area contributed by atoms with E-state index in [9.17, 15) is 19.6 Å².